The Labute approximate surface area is 543 Å². The molecule has 0 atom stereocenters. The fourth-order valence-corrected chi connectivity index (χ4v) is 6.54. The summed E-state index contributed by atoms with van der Waals surface area (Å²) in [6, 6.07) is 44.5. The fraction of sp³-hybridized carbons (Fsp3) is 0.179. The molecular weight excluding hydrogens is 1450 g/mol. The molecule has 8 aromatic heterocycles. The molecule has 0 saturated heterocycles. The van der Waals surface area contributed by atoms with Crippen LogP contribution in [0.4, 0.5) is 101 Å². The van der Waals surface area contributed by atoms with Crippen molar-refractivity contribution in [2.24, 2.45) is 0 Å². The summed E-state index contributed by atoms with van der Waals surface area (Å²) >= 11 is 0. The number of pyridine rings is 8. The van der Waals surface area contributed by atoms with E-state index >= 15 is 0 Å². The molecule has 0 aromatic carbocycles. The minimum absolute atomic E-state index is 0.739. The van der Waals surface area contributed by atoms with E-state index in [9.17, 15) is 101 Å². The number of hydrogen-bond acceptors (Lipinski definition) is 10. The van der Waals surface area contributed by atoms with Gasteiger partial charge in [-0.15, -0.1) is 0 Å². The van der Waals surface area contributed by atoms with Crippen molar-refractivity contribution < 1.29 is 119 Å². The minimum atomic E-state index is -10.7. The smallest absolute Gasteiger partial charge is 0.175 e. The third-order valence-corrected chi connectivity index (χ3v) is 9.52. The molecule has 0 fully saturated rings. The van der Waals surface area contributed by atoms with E-state index < -0.39 is 31.2 Å². The van der Waals surface area contributed by atoms with E-state index in [4.69, 9.17) is 51.5 Å². The maximum Gasteiger partial charge on any atom is 0.175 e. The third kappa shape index (κ3) is 59.9. The molecular formula is C56H54F24N14P4. The van der Waals surface area contributed by atoms with Gasteiger partial charge in [0.15, 0.2) is 75.8 Å². The maximum atomic E-state index is 9.87. The summed E-state index contributed by atoms with van der Waals surface area (Å²) in [5.41, 5.74) is 12.7. The van der Waals surface area contributed by atoms with Crippen LogP contribution in [0.1, 0.15) is 63.8 Å². The van der Waals surface area contributed by atoms with Crippen molar-refractivity contribution in [3.05, 3.63) is 194 Å². The van der Waals surface area contributed by atoms with Gasteiger partial charge in [0.1, 0.15) is 0 Å². The van der Waals surface area contributed by atoms with Crippen LogP contribution in [0.15, 0.2) is 171 Å². The second kappa shape index (κ2) is 33.0. The molecule has 30 rings (SSSR count). The largest absolute Gasteiger partial charge is 0.254 e. The molecule has 0 saturated carbocycles. The van der Waals surface area contributed by atoms with E-state index in [1.165, 1.54) is 63.8 Å². The van der Waals surface area contributed by atoms with Crippen molar-refractivity contribution in [1.82, 2.24) is 19.9 Å². The van der Waals surface area contributed by atoms with Crippen molar-refractivity contribution in [1.29, 1.82) is 31.6 Å². The van der Waals surface area contributed by atoms with E-state index in [-0.39, 0.29) is 0 Å². The Morgan fingerprint density at radius 3 is 0.449 bits per heavy atom. The summed E-state index contributed by atoms with van der Waals surface area (Å²) in [4.78, 5) is 19.0. The van der Waals surface area contributed by atoms with Gasteiger partial charge in [0.05, 0.1) is 59.2 Å². The third-order valence-electron chi connectivity index (χ3n) is 9.52. The number of nitriles is 6. The van der Waals surface area contributed by atoms with Gasteiger partial charge in [-0.2, -0.15) is 31.6 Å². The van der Waals surface area contributed by atoms with Crippen LogP contribution < -0.4 is 18.3 Å². The van der Waals surface area contributed by atoms with E-state index in [1.54, 1.807) is 36.4 Å². The molecule has 0 unspecified atom stereocenters. The first-order valence-electron chi connectivity index (χ1n) is 25.8. The Morgan fingerprint density at radius 2 is 0.357 bits per heavy atom. The Balaban J connectivity index is 0. The van der Waals surface area contributed by atoms with Crippen LogP contribution >= 0.6 is 31.2 Å². The molecule has 30 heterocycles. The SMILES string of the molecule is CC#N.CC#N.CC#N.CC#N.CC#N.CC#N.F[P-](F)(F)(F)(F)F.F[P-](F)(F)(F)(F)F.F[P-](F)(F)(F)(F)F.F[P-](F)(F)(F)(F)F.c1cc2ncc1C[n+]1ccc(cc1)-c1cc[n+](cc1)Cc1ccc(nc1)-c1ccc(cn1)C[n+]1ccc(cc1)-c1cc[n+](cc1)Cc1ccc-2nc1. The van der Waals surface area contributed by atoms with Crippen molar-refractivity contribution in [2.75, 3.05) is 0 Å². The summed E-state index contributed by atoms with van der Waals surface area (Å²) in [6.07, 6.45) is 24.7. The van der Waals surface area contributed by atoms with Gasteiger partial charge in [-0.05, 0) is 70.8 Å². The fourth-order valence-electron chi connectivity index (χ4n) is 6.54. The van der Waals surface area contributed by atoms with E-state index in [1.807, 2.05) is 24.8 Å². The van der Waals surface area contributed by atoms with Crippen LogP contribution in [0.2, 0.25) is 0 Å². The van der Waals surface area contributed by atoms with Gasteiger partial charge < -0.3 is 0 Å². The van der Waals surface area contributed by atoms with E-state index in [2.05, 4.69) is 165 Å². The van der Waals surface area contributed by atoms with Crippen LogP contribution in [0, 0.1) is 68.0 Å². The monoisotopic (exact) mass is 1500 g/mol. The standard InChI is InChI=1S/C44H36N8.6C2H3N.4F6P/c1-5-41-42-6-2-34(26-46-42)30-50-21-13-39(14-22-50)40-15-23-52(24-16-40)32-36-4-8-44(48-28-36)43-7-3-35(27-47-43)31-51-19-11-38(12-20-51)37-9-17-49(18-10-37)29-33(1)25-45-41;6*1-2-3;4*1-7(2,3,4,5)6/h1-28H,29-32H2;6*1H3;;;;/q+4;;;;;;;4*-1. The second-order valence-corrected chi connectivity index (χ2v) is 26.1. The van der Waals surface area contributed by atoms with Gasteiger partial charge in [-0.25, -0.2) is 18.3 Å². The molecule has 42 heteroatoms. The normalized spacial score (nSPS) is 13.6. The molecule has 0 aliphatic carbocycles. The van der Waals surface area contributed by atoms with Crippen molar-refractivity contribution >= 4 is 31.2 Å². The molecule has 22 aliphatic rings. The van der Waals surface area contributed by atoms with Gasteiger partial charge in [0.2, 0.25) is 0 Å². The number of nitrogens with zero attached hydrogens (tertiary/aromatic N) is 14. The zero-order valence-electron chi connectivity index (χ0n) is 51.1. The molecule has 0 spiro atoms. The van der Waals surface area contributed by atoms with Gasteiger partial charge in [0, 0.05) is 137 Å². The molecule has 536 valence electrons. The average Bonchev–Trinajstić information content (AvgIpc) is 0.929. The van der Waals surface area contributed by atoms with Crippen LogP contribution in [-0.4, -0.2) is 19.9 Å². The topological polar surface area (TPSA) is 210 Å². The Kier molecular flexibility index (Phi) is 30.3. The van der Waals surface area contributed by atoms with E-state index in [0.717, 1.165) is 71.2 Å². The first-order valence-corrected chi connectivity index (χ1v) is 34.0. The number of aromatic nitrogens is 8. The van der Waals surface area contributed by atoms with Gasteiger partial charge in [-0.3, -0.25) is 19.9 Å². The van der Waals surface area contributed by atoms with Crippen LogP contribution in [0.3, 0.4) is 0 Å². The van der Waals surface area contributed by atoms with Crippen molar-refractivity contribution in [3.63, 3.8) is 0 Å². The number of hydrogen-bond donors (Lipinski definition) is 0. The zero-order valence-corrected chi connectivity index (χ0v) is 54.7. The summed E-state index contributed by atoms with van der Waals surface area (Å²) in [6.45, 7) is 11.5. The predicted octanol–water partition coefficient (Wildman–Crippen LogP) is 22.3. The van der Waals surface area contributed by atoms with Gasteiger partial charge in [0.25, 0.3) is 0 Å². The Hall–Kier alpha value is -9.82. The van der Waals surface area contributed by atoms with Gasteiger partial charge in [-0.1, -0.05) is 0 Å². The first kappa shape index (κ1) is 90.2. The minimum Gasteiger partial charge on any atom is -0.254 e. The van der Waals surface area contributed by atoms with Crippen LogP contribution in [0.25, 0.3) is 45.0 Å². The summed E-state index contributed by atoms with van der Waals surface area (Å²) in [5.74, 6) is 0. The van der Waals surface area contributed by atoms with Crippen LogP contribution in [0.5, 0.6) is 0 Å². The molecule has 0 amide bonds. The predicted molar refractivity (Wildman–Crippen MR) is 318 cm³/mol. The van der Waals surface area contributed by atoms with Crippen LogP contribution in [-0.2, 0) is 26.2 Å². The maximum absolute atomic E-state index is 10.7. The zero-order chi connectivity index (χ0) is 76.6. The molecule has 16 bridgehead atoms. The second-order valence-electron chi connectivity index (χ2n) is 18.4. The molecule has 0 radical (unpaired) electrons. The summed E-state index contributed by atoms with van der Waals surface area (Å²) < 4.78 is 245. The summed E-state index contributed by atoms with van der Waals surface area (Å²) in [7, 11) is -42.6. The molecule has 0 N–H and O–H groups in total. The molecule has 98 heavy (non-hydrogen) atoms. The summed E-state index contributed by atoms with van der Waals surface area (Å²) in [5, 5.41) is 43.9. The quantitative estimate of drug-likeness (QED) is 0.0796. The molecule has 14 nitrogen and oxygen atoms in total. The van der Waals surface area contributed by atoms with Crippen molar-refractivity contribution in [2.45, 2.75) is 67.7 Å². The number of halogens is 24. The molecule has 8 aromatic rings. The Morgan fingerprint density at radius 1 is 0.245 bits per heavy atom. The Bertz CT molecular complexity index is 3290. The molecule has 22 aliphatic heterocycles. The van der Waals surface area contributed by atoms with Gasteiger partial charge >= 0.3 is 132 Å². The van der Waals surface area contributed by atoms with Crippen molar-refractivity contribution in [3.8, 4) is 81.4 Å². The average molecular weight is 1500 g/mol. The first-order chi connectivity index (χ1) is 43.9. The number of rotatable bonds is 0. The van der Waals surface area contributed by atoms with E-state index in [0.29, 0.717) is 0 Å².